The number of nitrogens with zero attached hydrogens (tertiary/aromatic N) is 1. The molecule has 1 aliphatic heterocycles. The highest BCUT2D eigenvalue weighted by Crippen LogP contribution is 2.29. The van der Waals surface area contributed by atoms with Crippen molar-refractivity contribution in [2.75, 3.05) is 26.8 Å². The highest BCUT2D eigenvalue weighted by Gasteiger charge is 2.34. The van der Waals surface area contributed by atoms with E-state index < -0.39 is 22.1 Å². The van der Waals surface area contributed by atoms with E-state index in [1.165, 1.54) is 19.2 Å². The molecule has 0 saturated carbocycles. The summed E-state index contributed by atoms with van der Waals surface area (Å²) in [6, 6.07) is 4.50. The Bertz CT molecular complexity index is 647. The summed E-state index contributed by atoms with van der Waals surface area (Å²) in [6.45, 7) is -0.0509. The number of rotatable bonds is 4. The first-order chi connectivity index (χ1) is 9.86. The lowest BCUT2D eigenvalue weighted by molar-refractivity contribution is -0.153. The zero-order chi connectivity index (χ0) is 15.6. The maximum Gasteiger partial charge on any atom is 0.334 e. The van der Waals surface area contributed by atoms with Crippen LogP contribution in [0, 0.1) is 0 Å². The van der Waals surface area contributed by atoms with Crippen molar-refractivity contribution in [3.8, 4) is 5.75 Å². The van der Waals surface area contributed by atoms with Gasteiger partial charge in [-0.1, -0.05) is 0 Å². The number of aliphatic carboxylic acids is 1. The molecule has 1 aromatic carbocycles. The number of morpholine rings is 1. The molecule has 1 N–H and O–H groups in total. The fraction of sp³-hybridized carbons (Fsp3) is 0.417. The Hall–Kier alpha value is -1.16. The predicted octanol–water partition coefficient (Wildman–Crippen LogP) is 0.932. The van der Waals surface area contributed by atoms with E-state index in [1.54, 1.807) is 6.07 Å². The second-order valence-corrected chi connectivity index (χ2v) is 7.12. The highest BCUT2D eigenvalue weighted by molar-refractivity contribution is 9.10. The van der Waals surface area contributed by atoms with E-state index in [-0.39, 0.29) is 24.6 Å². The van der Waals surface area contributed by atoms with Gasteiger partial charge in [0.1, 0.15) is 5.75 Å². The largest absolute Gasteiger partial charge is 0.497 e. The van der Waals surface area contributed by atoms with Gasteiger partial charge in [-0.05, 0) is 34.1 Å². The molecule has 0 bridgehead atoms. The van der Waals surface area contributed by atoms with Crippen molar-refractivity contribution in [3.63, 3.8) is 0 Å². The van der Waals surface area contributed by atoms with Gasteiger partial charge in [0, 0.05) is 11.0 Å². The van der Waals surface area contributed by atoms with Crippen LogP contribution in [-0.2, 0) is 19.6 Å². The summed E-state index contributed by atoms with van der Waals surface area (Å²) >= 11 is 3.20. The van der Waals surface area contributed by atoms with Crippen molar-refractivity contribution in [1.29, 1.82) is 0 Å². The third kappa shape index (κ3) is 3.37. The van der Waals surface area contributed by atoms with Crippen LogP contribution in [0.3, 0.4) is 0 Å². The number of hydrogen-bond acceptors (Lipinski definition) is 5. The number of methoxy groups -OCH3 is 1. The molecule has 2 rings (SSSR count). The van der Waals surface area contributed by atoms with Gasteiger partial charge in [-0.25, -0.2) is 13.2 Å². The predicted molar refractivity (Wildman–Crippen MR) is 76.8 cm³/mol. The van der Waals surface area contributed by atoms with Crippen molar-refractivity contribution < 1.29 is 27.8 Å². The molecule has 0 spiro atoms. The maximum absolute atomic E-state index is 12.6. The van der Waals surface area contributed by atoms with E-state index in [0.29, 0.717) is 10.2 Å². The number of carboxylic acids is 1. The summed E-state index contributed by atoms with van der Waals surface area (Å²) < 4.78 is 36.7. The summed E-state index contributed by atoms with van der Waals surface area (Å²) in [5, 5.41) is 8.94. The van der Waals surface area contributed by atoms with Crippen molar-refractivity contribution in [2.24, 2.45) is 0 Å². The number of ether oxygens (including phenoxy) is 2. The second-order valence-electron chi connectivity index (χ2n) is 4.36. The highest BCUT2D eigenvalue weighted by atomic mass is 79.9. The van der Waals surface area contributed by atoms with E-state index >= 15 is 0 Å². The normalized spacial score (nSPS) is 20.2. The first-order valence-electron chi connectivity index (χ1n) is 6.04. The Labute approximate surface area is 130 Å². The molecule has 7 nitrogen and oxygen atoms in total. The van der Waals surface area contributed by atoms with Gasteiger partial charge in [-0.2, -0.15) is 4.31 Å². The van der Waals surface area contributed by atoms with E-state index in [2.05, 4.69) is 15.9 Å². The van der Waals surface area contributed by atoms with E-state index in [1.807, 2.05) is 0 Å². The van der Waals surface area contributed by atoms with Gasteiger partial charge in [0.25, 0.3) is 0 Å². The summed E-state index contributed by atoms with van der Waals surface area (Å²) in [6.07, 6.45) is -1.15. The summed E-state index contributed by atoms with van der Waals surface area (Å²) in [5.41, 5.74) is 0. The van der Waals surface area contributed by atoms with Crippen molar-refractivity contribution in [2.45, 2.75) is 11.0 Å². The van der Waals surface area contributed by atoms with Crippen LogP contribution in [0.5, 0.6) is 5.75 Å². The lowest BCUT2D eigenvalue weighted by Gasteiger charge is -2.30. The Balaban J connectivity index is 2.31. The Morgan fingerprint density at radius 1 is 1.52 bits per heavy atom. The number of halogens is 1. The molecule has 0 radical (unpaired) electrons. The number of carboxylic acid groups (broad SMARTS) is 1. The minimum atomic E-state index is -3.80. The molecule has 1 saturated heterocycles. The van der Waals surface area contributed by atoms with Crippen LogP contribution in [0.2, 0.25) is 0 Å². The monoisotopic (exact) mass is 379 g/mol. The van der Waals surface area contributed by atoms with Crippen LogP contribution >= 0.6 is 15.9 Å². The van der Waals surface area contributed by atoms with Gasteiger partial charge in [0.15, 0.2) is 6.10 Å². The van der Waals surface area contributed by atoms with Gasteiger partial charge in [-0.3, -0.25) is 0 Å². The van der Waals surface area contributed by atoms with Crippen molar-refractivity contribution in [3.05, 3.63) is 22.7 Å². The molecule has 1 heterocycles. The van der Waals surface area contributed by atoms with Crippen LogP contribution < -0.4 is 4.74 Å². The number of carbonyl (C=O) groups is 1. The van der Waals surface area contributed by atoms with Gasteiger partial charge >= 0.3 is 5.97 Å². The van der Waals surface area contributed by atoms with E-state index in [4.69, 9.17) is 14.6 Å². The van der Waals surface area contributed by atoms with Gasteiger partial charge in [-0.15, -0.1) is 0 Å². The minimum Gasteiger partial charge on any atom is -0.497 e. The van der Waals surface area contributed by atoms with E-state index in [9.17, 15) is 13.2 Å². The Morgan fingerprint density at radius 3 is 2.81 bits per heavy atom. The molecular weight excluding hydrogens is 366 g/mol. The van der Waals surface area contributed by atoms with Crippen LogP contribution in [0.1, 0.15) is 0 Å². The molecule has 0 aliphatic carbocycles. The minimum absolute atomic E-state index is 0.0456. The molecule has 1 aromatic rings. The Kier molecular flexibility index (Phi) is 4.87. The van der Waals surface area contributed by atoms with Crippen LogP contribution in [0.25, 0.3) is 0 Å². The molecule has 0 aromatic heterocycles. The number of hydrogen-bond donors (Lipinski definition) is 1. The topological polar surface area (TPSA) is 93.1 Å². The molecule has 1 unspecified atom stereocenters. The SMILES string of the molecule is COc1ccc(S(=O)(=O)N2CCOC(C(=O)O)C2)c(Br)c1. The smallest absolute Gasteiger partial charge is 0.334 e. The lowest BCUT2D eigenvalue weighted by Crippen LogP contribution is -2.48. The van der Waals surface area contributed by atoms with Crippen molar-refractivity contribution >= 4 is 31.9 Å². The van der Waals surface area contributed by atoms with Crippen molar-refractivity contribution in [1.82, 2.24) is 4.31 Å². The standard InChI is InChI=1S/C12H14BrNO6S/c1-19-8-2-3-11(9(13)6-8)21(17,18)14-4-5-20-10(7-14)12(15)16/h2-3,6,10H,4-5,7H2,1H3,(H,15,16). The van der Waals surface area contributed by atoms with Gasteiger partial charge in [0.05, 0.1) is 25.2 Å². The van der Waals surface area contributed by atoms with Crippen LogP contribution in [0.15, 0.2) is 27.6 Å². The summed E-state index contributed by atoms with van der Waals surface area (Å²) in [5.74, 6) is -0.657. The molecule has 116 valence electrons. The van der Waals surface area contributed by atoms with Gasteiger partial charge < -0.3 is 14.6 Å². The molecular formula is C12H14BrNO6S. The zero-order valence-corrected chi connectivity index (χ0v) is 13.6. The maximum atomic E-state index is 12.6. The molecule has 1 atom stereocenters. The average Bonchev–Trinajstić information content (AvgIpc) is 2.46. The molecule has 1 fully saturated rings. The number of benzene rings is 1. The van der Waals surface area contributed by atoms with Crippen LogP contribution in [-0.4, -0.2) is 56.7 Å². The Morgan fingerprint density at radius 2 is 2.24 bits per heavy atom. The summed E-state index contributed by atoms with van der Waals surface area (Å²) in [4.78, 5) is 11.0. The molecule has 0 amide bonds. The fourth-order valence-electron chi connectivity index (χ4n) is 1.95. The third-order valence-corrected chi connectivity index (χ3v) is 5.90. The third-order valence-electron chi connectivity index (χ3n) is 3.06. The quantitative estimate of drug-likeness (QED) is 0.836. The first-order valence-corrected chi connectivity index (χ1v) is 8.27. The van der Waals surface area contributed by atoms with Crippen LogP contribution in [0.4, 0.5) is 0 Å². The second kappa shape index (κ2) is 6.30. The zero-order valence-electron chi connectivity index (χ0n) is 11.2. The lowest BCUT2D eigenvalue weighted by atomic mass is 10.3. The molecule has 1 aliphatic rings. The number of sulfonamides is 1. The molecule has 21 heavy (non-hydrogen) atoms. The fourth-order valence-corrected chi connectivity index (χ4v) is 4.39. The van der Waals surface area contributed by atoms with E-state index in [0.717, 1.165) is 4.31 Å². The van der Waals surface area contributed by atoms with Gasteiger partial charge in [0.2, 0.25) is 10.0 Å². The first kappa shape index (κ1) is 16.2. The summed E-state index contributed by atoms with van der Waals surface area (Å²) in [7, 11) is -2.32. The molecule has 9 heteroatoms. The average molecular weight is 380 g/mol.